The molecule has 1 aromatic carbocycles. The van der Waals surface area contributed by atoms with E-state index in [0.29, 0.717) is 21.2 Å². The van der Waals surface area contributed by atoms with Gasteiger partial charge in [-0.15, -0.1) is 11.3 Å². The molecule has 2 aromatic rings. The van der Waals surface area contributed by atoms with Crippen LogP contribution in [0.5, 0.6) is 0 Å². The van der Waals surface area contributed by atoms with Gasteiger partial charge in [-0.3, -0.25) is 9.59 Å². The van der Waals surface area contributed by atoms with E-state index in [1.807, 2.05) is 6.92 Å². The zero-order valence-corrected chi connectivity index (χ0v) is 16.1. The topological polar surface area (TPSA) is 81.7 Å². The molecule has 8 heteroatoms. The molecule has 0 saturated heterocycles. The minimum Gasteiger partial charge on any atom is -0.465 e. The fourth-order valence-electron chi connectivity index (χ4n) is 2.22. The molecule has 0 spiro atoms. The van der Waals surface area contributed by atoms with Crippen molar-refractivity contribution in [2.45, 2.75) is 20.3 Å². The number of rotatable bonds is 6. The van der Waals surface area contributed by atoms with Crippen molar-refractivity contribution in [3.63, 3.8) is 0 Å². The minimum absolute atomic E-state index is 0.0302. The van der Waals surface area contributed by atoms with Gasteiger partial charge < -0.3 is 14.8 Å². The average molecular weight is 396 g/mol. The number of halogens is 1. The van der Waals surface area contributed by atoms with Crippen LogP contribution < -0.4 is 5.32 Å². The first-order valence-electron chi connectivity index (χ1n) is 7.70. The number of hydrogen-bond acceptors (Lipinski definition) is 6. The zero-order valence-electron chi connectivity index (χ0n) is 14.6. The second-order valence-electron chi connectivity index (χ2n) is 5.46. The van der Waals surface area contributed by atoms with Crippen LogP contribution in [-0.4, -0.2) is 31.6 Å². The molecule has 26 heavy (non-hydrogen) atoms. The molecule has 138 valence electrons. The normalized spacial score (nSPS) is 10.3. The number of nitrogens with one attached hydrogen (secondary N) is 1. The molecule has 0 bridgehead atoms. The highest BCUT2D eigenvalue weighted by molar-refractivity contribution is 7.16. The van der Waals surface area contributed by atoms with Crippen molar-refractivity contribution in [1.29, 1.82) is 0 Å². The summed E-state index contributed by atoms with van der Waals surface area (Å²) in [5.74, 6) is -1.64. The second kappa shape index (κ2) is 8.82. The molecule has 0 unspecified atom stereocenters. The van der Waals surface area contributed by atoms with E-state index in [1.54, 1.807) is 31.2 Å². The van der Waals surface area contributed by atoms with Crippen LogP contribution in [0.1, 0.15) is 26.4 Å². The molecule has 0 aliphatic rings. The van der Waals surface area contributed by atoms with E-state index in [-0.39, 0.29) is 6.42 Å². The monoisotopic (exact) mass is 395 g/mol. The maximum Gasteiger partial charge on any atom is 0.341 e. The van der Waals surface area contributed by atoms with Crippen LogP contribution in [0.2, 0.25) is 5.02 Å². The molecule has 1 amide bonds. The highest BCUT2D eigenvalue weighted by Gasteiger charge is 2.22. The third-order valence-electron chi connectivity index (χ3n) is 3.68. The Bertz CT molecular complexity index is 846. The summed E-state index contributed by atoms with van der Waals surface area (Å²) in [7, 11) is 1.27. The molecule has 0 aliphatic heterocycles. The molecule has 0 atom stereocenters. The third kappa shape index (κ3) is 4.83. The van der Waals surface area contributed by atoms with Crippen LogP contribution >= 0.6 is 22.9 Å². The molecular weight excluding hydrogens is 378 g/mol. The van der Waals surface area contributed by atoms with Crippen LogP contribution in [0.25, 0.3) is 0 Å². The Morgan fingerprint density at radius 1 is 1.19 bits per heavy atom. The molecule has 0 radical (unpaired) electrons. The van der Waals surface area contributed by atoms with E-state index >= 15 is 0 Å². The van der Waals surface area contributed by atoms with Gasteiger partial charge in [0.25, 0.3) is 5.91 Å². The van der Waals surface area contributed by atoms with Gasteiger partial charge in [-0.1, -0.05) is 29.8 Å². The standard InChI is InChI=1S/C18H18ClNO5S/c1-10-11(2)26-17(16(10)18(23)24-3)20-14(21)9-25-15(22)8-12-6-4-5-7-13(12)19/h4-7H,8-9H2,1-3H3,(H,20,21). The maximum atomic E-state index is 12.1. The Balaban J connectivity index is 1.95. The summed E-state index contributed by atoms with van der Waals surface area (Å²) in [5, 5.41) is 3.43. The summed E-state index contributed by atoms with van der Waals surface area (Å²) in [6.45, 7) is 3.16. The zero-order chi connectivity index (χ0) is 19.3. The van der Waals surface area contributed by atoms with Gasteiger partial charge in [0.1, 0.15) is 5.00 Å². The number of ether oxygens (including phenoxy) is 2. The molecule has 1 N–H and O–H groups in total. The third-order valence-corrected chi connectivity index (χ3v) is 5.18. The molecule has 0 fully saturated rings. The van der Waals surface area contributed by atoms with Crippen molar-refractivity contribution >= 4 is 45.8 Å². The second-order valence-corrected chi connectivity index (χ2v) is 7.09. The number of benzene rings is 1. The van der Waals surface area contributed by atoms with Crippen molar-refractivity contribution in [1.82, 2.24) is 0 Å². The van der Waals surface area contributed by atoms with Gasteiger partial charge in [-0.2, -0.15) is 0 Å². The first-order chi connectivity index (χ1) is 12.3. The van der Waals surface area contributed by atoms with Crippen LogP contribution in [0.4, 0.5) is 5.00 Å². The number of aryl methyl sites for hydroxylation is 1. The summed E-state index contributed by atoms with van der Waals surface area (Å²) in [6.07, 6.45) is -0.0302. The fourth-order valence-corrected chi connectivity index (χ4v) is 3.49. The molecule has 6 nitrogen and oxygen atoms in total. The van der Waals surface area contributed by atoms with E-state index in [2.05, 4.69) is 5.32 Å². The van der Waals surface area contributed by atoms with Gasteiger partial charge in [0.05, 0.1) is 19.1 Å². The number of anilines is 1. The fraction of sp³-hybridized carbons (Fsp3) is 0.278. The molecular formula is C18H18ClNO5S. The maximum absolute atomic E-state index is 12.1. The number of esters is 2. The lowest BCUT2D eigenvalue weighted by Gasteiger charge is -2.08. The smallest absolute Gasteiger partial charge is 0.341 e. The number of methoxy groups -OCH3 is 1. The average Bonchev–Trinajstić information content (AvgIpc) is 2.88. The van der Waals surface area contributed by atoms with E-state index in [0.717, 1.165) is 10.4 Å². The van der Waals surface area contributed by atoms with E-state index < -0.39 is 24.5 Å². The number of thiophene rings is 1. The SMILES string of the molecule is COC(=O)c1c(NC(=O)COC(=O)Cc2ccccc2Cl)sc(C)c1C. The predicted octanol–water partition coefficient (Wildman–Crippen LogP) is 3.53. The molecule has 0 saturated carbocycles. The lowest BCUT2D eigenvalue weighted by molar-refractivity contribution is -0.146. The summed E-state index contributed by atoms with van der Waals surface area (Å²) in [4.78, 5) is 36.7. The molecule has 2 rings (SSSR count). The van der Waals surface area contributed by atoms with Gasteiger partial charge in [0.15, 0.2) is 6.61 Å². The Hall–Kier alpha value is -2.38. The number of hydrogen-bond donors (Lipinski definition) is 1. The van der Waals surface area contributed by atoms with Gasteiger partial charge in [-0.25, -0.2) is 4.79 Å². The highest BCUT2D eigenvalue weighted by Crippen LogP contribution is 2.32. The van der Waals surface area contributed by atoms with E-state index in [9.17, 15) is 14.4 Å². The Labute approximate surface area is 160 Å². The Morgan fingerprint density at radius 3 is 2.54 bits per heavy atom. The molecule has 1 heterocycles. The van der Waals surface area contributed by atoms with Crippen LogP contribution in [-0.2, 0) is 25.5 Å². The van der Waals surface area contributed by atoms with Crippen LogP contribution in [0.3, 0.4) is 0 Å². The van der Waals surface area contributed by atoms with Crippen molar-refractivity contribution in [2.24, 2.45) is 0 Å². The van der Waals surface area contributed by atoms with Crippen LogP contribution in [0, 0.1) is 13.8 Å². The number of carbonyl (C=O) groups excluding carboxylic acids is 3. The van der Waals surface area contributed by atoms with Crippen molar-refractivity contribution in [3.05, 3.63) is 50.9 Å². The predicted molar refractivity (Wildman–Crippen MR) is 99.9 cm³/mol. The Morgan fingerprint density at radius 2 is 1.88 bits per heavy atom. The quantitative estimate of drug-likeness (QED) is 0.756. The largest absolute Gasteiger partial charge is 0.465 e. The molecule has 0 aliphatic carbocycles. The highest BCUT2D eigenvalue weighted by atomic mass is 35.5. The Kier molecular flexibility index (Phi) is 6.76. The summed E-state index contributed by atoms with van der Waals surface area (Å²) >= 11 is 7.25. The van der Waals surface area contributed by atoms with Gasteiger partial charge >= 0.3 is 11.9 Å². The van der Waals surface area contributed by atoms with Crippen molar-refractivity contribution in [2.75, 3.05) is 19.0 Å². The lowest BCUT2D eigenvalue weighted by atomic mass is 10.1. The molecule has 1 aromatic heterocycles. The first-order valence-corrected chi connectivity index (χ1v) is 8.90. The lowest BCUT2D eigenvalue weighted by Crippen LogP contribution is -2.22. The minimum atomic E-state index is -0.569. The van der Waals surface area contributed by atoms with Crippen molar-refractivity contribution in [3.8, 4) is 0 Å². The summed E-state index contributed by atoms with van der Waals surface area (Å²) in [6, 6.07) is 6.90. The summed E-state index contributed by atoms with van der Waals surface area (Å²) < 4.78 is 9.72. The van der Waals surface area contributed by atoms with Gasteiger partial charge in [0, 0.05) is 9.90 Å². The number of amides is 1. The van der Waals surface area contributed by atoms with E-state index in [4.69, 9.17) is 21.1 Å². The first kappa shape index (κ1) is 19.9. The number of carbonyl (C=O) groups is 3. The van der Waals surface area contributed by atoms with E-state index in [1.165, 1.54) is 18.4 Å². The van der Waals surface area contributed by atoms with Gasteiger partial charge in [0.2, 0.25) is 0 Å². The van der Waals surface area contributed by atoms with Crippen LogP contribution in [0.15, 0.2) is 24.3 Å². The van der Waals surface area contributed by atoms with Crippen molar-refractivity contribution < 1.29 is 23.9 Å². The summed E-state index contributed by atoms with van der Waals surface area (Å²) in [5.41, 5.74) is 1.68. The van der Waals surface area contributed by atoms with Gasteiger partial charge in [-0.05, 0) is 31.0 Å².